The van der Waals surface area contributed by atoms with Gasteiger partial charge >= 0.3 is 0 Å². The van der Waals surface area contributed by atoms with E-state index in [9.17, 15) is 0 Å². The van der Waals surface area contributed by atoms with Crippen LogP contribution < -0.4 is 0 Å². The summed E-state index contributed by atoms with van der Waals surface area (Å²) in [4.78, 5) is 0. The van der Waals surface area contributed by atoms with Crippen LogP contribution in [0.25, 0.3) is 33.4 Å². The molecule has 0 aliphatic heterocycles. The Balaban J connectivity index is 1.18. The number of hydrogen-bond acceptors (Lipinski definition) is 0. The molecule has 234 valence electrons. The Kier molecular flexibility index (Phi) is 5.86. The molecule has 0 heterocycles. The topological polar surface area (TPSA) is 0 Å². The first-order valence-corrected chi connectivity index (χ1v) is 18.2. The van der Waals surface area contributed by atoms with Crippen LogP contribution in [0.4, 0.5) is 0 Å². The second-order valence-corrected chi connectivity index (χ2v) is 15.5. The average Bonchev–Trinajstić information content (AvgIpc) is 3.51. The zero-order chi connectivity index (χ0) is 32.4. The molecular formula is C48H42. The van der Waals surface area contributed by atoms with Gasteiger partial charge in [-0.15, -0.1) is 0 Å². The molecular weight excluding hydrogens is 577 g/mol. The summed E-state index contributed by atoms with van der Waals surface area (Å²) in [6.45, 7) is 9.48. The zero-order valence-corrected chi connectivity index (χ0v) is 28.6. The van der Waals surface area contributed by atoms with Gasteiger partial charge in [-0.3, -0.25) is 0 Å². The number of rotatable bonds is 5. The van der Waals surface area contributed by atoms with Crippen LogP contribution in [0.2, 0.25) is 0 Å². The van der Waals surface area contributed by atoms with Crippen LogP contribution >= 0.6 is 0 Å². The van der Waals surface area contributed by atoms with Crippen LogP contribution in [0.3, 0.4) is 0 Å². The first-order chi connectivity index (χ1) is 23.4. The standard InChI is InChI=1S/C48H42/c1-5-29(2)32-16-21-40-41-22-17-35(27-45(41)47(3,4)44(40)26-32)36-18-23-42-39-8-6-7-9-43(39)48(46(42)28-36,37-19-14-30-10-12-33(30)24-37)38-20-15-31-11-13-34(31)25-38/h6-9,14-29H,5,10-13H2,1-4H3. The van der Waals surface area contributed by atoms with E-state index < -0.39 is 0 Å². The van der Waals surface area contributed by atoms with E-state index in [2.05, 4.69) is 143 Å². The smallest absolute Gasteiger partial charge is 0.0648 e. The first-order valence-electron chi connectivity index (χ1n) is 18.2. The lowest BCUT2D eigenvalue weighted by molar-refractivity contribution is 0.655. The Labute approximate surface area is 285 Å². The molecule has 0 nitrogen and oxygen atoms in total. The van der Waals surface area contributed by atoms with Crippen LogP contribution in [-0.4, -0.2) is 0 Å². The Bertz CT molecular complexity index is 2270. The molecule has 4 aliphatic carbocycles. The summed E-state index contributed by atoms with van der Waals surface area (Å²) in [7, 11) is 0. The molecule has 0 radical (unpaired) electrons. The van der Waals surface area contributed by atoms with Gasteiger partial charge in [0.05, 0.1) is 5.41 Å². The molecule has 0 spiro atoms. The minimum atomic E-state index is -0.351. The molecule has 0 fully saturated rings. The number of benzene rings is 6. The van der Waals surface area contributed by atoms with Gasteiger partial charge in [0.1, 0.15) is 0 Å². The highest BCUT2D eigenvalue weighted by atomic mass is 14.5. The predicted octanol–water partition coefficient (Wildman–Crippen LogP) is 11.7. The fraction of sp³-hybridized carbons (Fsp3) is 0.250. The van der Waals surface area contributed by atoms with Crippen LogP contribution in [0.15, 0.2) is 115 Å². The maximum atomic E-state index is 2.55. The van der Waals surface area contributed by atoms with E-state index in [1.165, 1.54) is 120 Å². The minimum absolute atomic E-state index is 0.0430. The van der Waals surface area contributed by atoms with Crippen LogP contribution in [0.1, 0.15) is 101 Å². The summed E-state index contributed by atoms with van der Waals surface area (Å²) in [5.74, 6) is 0.573. The van der Waals surface area contributed by atoms with Crippen molar-refractivity contribution in [1.82, 2.24) is 0 Å². The van der Waals surface area contributed by atoms with Crippen molar-refractivity contribution in [3.8, 4) is 33.4 Å². The number of fused-ring (bicyclic) bond motifs is 8. The fourth-order valence-corrected chi connectivity index (χ4v) is 9.58. The van der Waals surface area contributed by atoms with Crippen LogP contribution in [0, 0.1) is 0 Å². The molecule has 48 heavy (non-hydrogen) atoms. The molecule has 0 heteroatoms. The van der Waals surface area contributed by atoms with Gasteiger partial charge in [0, 0.05) is 5.41 Å². The molecule has 6 aromatic rings. The molecule has 0 aromatic heterocycles. The van der Waals surface area contributed by atoms with Gasteiger partial charge in [0.15, 0.2) is 0 Å². The summed E-state index contributed by atoms with van der Waals surface area (Å²) >= 11 is 0. The highest BCUT2D eigenvalue weighted by molar-refractivity contribution is 5.90. The number of hydrogen-bond donors (Lipinski definition) is 0. The average molecular weight is 619 g/mol. The van der Waals surface area contributed by atoms with Crippen LogP contribution in [-0.2, 0) is 36.5 Å². The molecule has 0 bridgehead atoms. The molecule has 0 saturated carbocycles. The fourth-order valence-electron chi connectivity index (χ4n) is 9.58. The third-order valence-corrected chi connectivity index (χ3v) is 12.9. The van der Waals surface area contributed by atoms with Crippen molar-refractivity contribution in [2.75, 3.05) is 0 Å². The van der Waals surface area contributed by atoms with Crippen molar-refractivity contribution in [2.24, 2.45) is 0 Å². The second-order valence-electron chi connectivity index (χ2n) is 15.5. The van der Waals surface area contributed by atoms with E-state index in [0.717, 1.165) is 6.42 Å². The number of aryl methyl sites for hydroxylation is 4. The third-order valence-electron chi connectivity index (χ3n) is 12.9. The van der Waals surface area contributed by atoms with Gasteiger partial charge < -0.3 is 0 Å². The Morgan fingerprint density at radius 3 is 1.60 bits per heavy atom. The quantitative estimate of drug-likeness (QED) is 0.180. The maximum absolute atomic E-state index is 2.55. The maximum Gasteiger partial charge on any atom is 0.0713 e. The van der Waals surface area contributed by atoms with Crippen molar-refractivity contribution in [3.05, 3.63) is 176 Å². The molecule has 0 N–H and O–H groups in total. The van der Waals surface area contributed by atoms with Gasteiger partial charge in [-0.2, -0.15) is 0 Å². The summed E-state index contributed by atoms with van der Waals surface area (Å²) in [5, 5.41) is 0. The summed E-state index contributed by atoms with van der Waals surface area (Å²) in [6, 6.07) is 45.8. The Morgan fingerprint density at radius 2 is 1.02 bits per heavy atom. The lowest BCUT2D eigenvalue weighted by Gasteiger charge is -2.37. The van der Waals surface area contributed by atoms with E-state index >= 15 is 0 Å². The first kappa shape index (κ1) is 28.3. The normalized spacial score (nSPS) is 17.2. The highest BCUT2D eigenvalue weighted by Gasteiger charge is 2.47. The van der Waals surface area contributed by atoms with E-state index in [0.29, 0.717) is 5.92 Å². The summed E-state index contributed by atoms with van der Waals surface area (Å²) in [5.41, 5.74) is 23.8. The van der Waals surface area contributed by atoms with Crippen molar-refractivity contribution in [1.29, 1.82) is 0 Å². The van der Waals surface area contributed by atoms with Gasteiger partial charge in [-0.25, -0.2) is 0 Å². The van der Waals surface area contributed by atoms with Crippen molar-refractivity contribution in [2.45, 2.75) is 76.5 Å². The SMILES string of the molecule is CCC(C)c1ccc2c(c1)C(C)(C)c1cc(-c3ccc4c(c3)C(c3ccc5c(c3)CC5)(c3ccc5c(c3)CC5)c3ccccc3-4)ccc1-2. The molecule has 4 aliphatic rings. The molecule has 6 aromatic carbocycles. The van der Waals surface area contributed by atoms with Crippen LogP contribution in [0.5, 0.6) is 0 Å². The molecule has 0 saturated heterocycles. The largest absolute Gasteiger partial charge is 0.0713 e. The zero-order valence-electron chi connectivity index (χ0n) is 28.6. The van der Waals surface area contributed by atoms with E-state index in [1.54, 1.807) is 0 Å². The Hall–Kier alpha value is -4.68. The molecule has 10 rings (SSSR count). The van der Waals surface area contributed by atoms with Crippen molar-refractivity contribution in [3.63, 3.8) is 0 Å². The predicted molar refractivity (Wildman–Crippen MR) is 200 cm³/mol. The van der Waals surface area contributed by atoms with Gasteiger partial charge in [0.25, 0.3) is 0 Å². The molecule has 0 amide bonds. The van der Waals surface area contributed by atoms with Crippen molar-refractivity contribution < 1.29 is 0 Å². The summed E-state index contributed by atoms with van der Waals surface area (Å²) < 4.78 is 0. The van der Waals surface area contributed by atoms with Crippen molar-refractivity contribution >= 4 is 0 Å². The lowest BCUT2D eigenvalue weighted by atomic mass is 9.65. The van der Waals surface area contributed by atoms with Gasteiger partial charge in [-0.05, 0) is 145 Å². The summed E-state index contributed by atoms with van der Waals surface area (Å²) in [6.07, 6.45) is 5.94. The molecule has 1 atom stereocenters. The monoisotopic (exact) mass is 618 g/mol. The minimum Gasteiger partial charge on any atom is -0.0648 e. The highest BCUT2D eigenvalue weighted by Crippen LogP contribution is 2.58. The van der Waals surface area contributed by atoms with E-state index in [-0.39, 0.29) is 10.8 Å². The van der Waals surface area contributed by atoms with Gasteiger partial charge in [0.2, 0.25) is 0 Å². The Morgan fingerprint density at radius 1 is 0.500 bits per heavy atom. The molecule has 1 unspecified atom stereocenters. The third kappa shape index (κ3) is 3.67. The lowest BCUT2D eigenvalue weighted by Crippen LogP contribution is -2.30. The van der Waals surface area contributed by atoms with E-state index in [4.69, 9.17) is 0 Å². The van der Waals surface area contributed by atoms with E-state index in [1.807, 2.05) is 0 Å². The second kappa shape index (κ2) is 9.93. The van der Waals surface area contributed by atoms with Gasteiger partial charge in [-0.1, -0.05) is 131 Å².